The number of likely N-dealkylation sites (tertiary alicyclic amines) is 1. The predicted octanol–water partition coefficient (Wildman–Crippen LogP) is 2.18. The van der Waals surface area contributed by atoms with Gasteiger partial charge in [-0.15, -0.1) is 0 Å². The van der Waals surface area contributed by atoms with Gasteiger partial charge in [0.2, 0.25) is 6.79 Å². The summed E-state index contributed by atoms with van der Waals surface area (Å²) < 4.78 is 10.6. The van der Waals surface area contributed by atoms with Gasteiger partial charge in [-0.25, -0.2) is 9.97 Å². The Kier molecular flexibility index (Phi) is 3.14. The third-order valence-corrected chi connectivity index (χ3v) is 4.08. The molecule has 6 heteroatoms. The van der Waals surface area contributed by atoms with Crippen LogP contribution in [0.5, 0.6) is 11.5 Å². The van der Waals surface area contributed by atoms with Crippen molar-refractivity contribution in [3.8, 4) is 11.5 Å². The molecular weight excluding hydrogens is 282 g/mol. The Morgan fingerprint density at radius 3 is 3.00 bits per heavy atom. The molecule has 0 saturated carbocycles. The number of carbonyl (C=O) groups is 1. The van der Waals surface area contributed by atoms with Gasteiger partial charge >= 0.3 is 0 Å². The normalized spacial score (nSPS) is 19.5. The average molecular weight is 297 g/mol. The second kappa shape index (κ2) is 5.29. The van der Waals surface area contributed by atoms with Gasteiger partial charge in [-0.3, -0.25) is 4.79 Å². The number of hydrogen-bond acceptors (Lipinski definition) is 5. The minimum absolute atomic E-state index is 0.000544. The summed E-state index contributed by atoms with van der Waals surface area (Å²) in [6.45, 7) is 0.947. The number of fused-ring (bicyclic) bond motifs is 1. The van der Waals surface area contributed by atoms with Crippen LogP contribution in [-0.2, 0) is 0 Å². The topological polar surface area (TPSA) is 64.6 Å². The average Bonchev–Trinajstić information content (AvgIpc) is 3.23. The van der Waals surface area contributed by atoms with E-state index >= 15 is 0 Å². The van der Waals surface area contributed by atoms with Crippen LogP contribution >= 0.6 is 0 Å². The van der Waals surface area contributed by atoms with E-state index in [9.17, 15) is 4.79 Å². The molecule has 1 atom stereocenters. The maximum Gasteiger partial charge on any atom is 0.254 e. The molecule has 0 bridgehead atoms. The Morgan fingerprint density at radius 1 is 1.23 bits per heavy atom. The zero-order valence-electron chi connectivity index (χ0n) is 11.9. The number of nitrogens with zero attached hydrogens (tertiary/aromatic N) is 3. The van der Waals surface area contributed by atoms with Crippen LogP contribution in [0.1, 0.15) is 34.9 Å². The smallest absolute Gasteiger partial charge is 0.254 e. The van der Waals surface area contributed by atoms with Gasteiger partial charge in [0, 0.05) is 18.3 Å². The van der Waals surface area contributed by atoms with Gasteiger partial charge in [0.25, 0.3) is 5.91 Å². The molecular formula is C16H15N3O3. The first-order chi connectivity index (χ1) is 10.8. The van der Waals surface area contributed by atoms with Gasteiger partial charge in [-0.2, -0.15) is 0 Å². The van der Waals surface area contributed by atoms with Crippen molar-refractivity contribution in [2.24, 2.45) is 0 Å². The molecule has 2 aromatic rings. The van der Waals surface area contributed by atoms with Gasteiger partial charge in [0.05, 0.1) is 11.7 Å². The second-order valence-electron chi connectivity index (χ2n) is 5.36. The molecule has 0 spiro atoms. The number of amides is 1. The molecule has 4 rings (SSSR count). The van der Waals surface area contributed by atoms with E-state index in [1.165, 1.54) is 6.33 Å². The Balaban J connectivity index is 1.62. The molecule has 0 radical (unpaired) electrons. The first kappa shape index (κ1) is 13.1. The molecule has 1 fully saturated rings. The number of aromatic nitrogens is 2. The summed E-state index contributed by atoms with van der Waals surface area (Å²) >= 11 is 0. The van der Waals surface area contributed by atoms with E-state index in [-0.39, 0.29) is 18.7 Å². The van der Waals surface area contributed by atoms with Gasteiger partial charge in [0.15, 0.2) is 11.5 Å². The molecule has 6 nitrogen and oxygen atoms in total. The highest BCUT2D eigenvalue weighted by Gasteiger charge is 2.32. The summed E-state index contributed by atoms with van der Waals surface area (Å²) in [5.74, 6) is 1.31. The van der Waals surface area contributed by atoms with E-state index in [1.807, 2.05) is 11.0 Å². The van der Waals surface area contributed by atoms with Crippen LogP contribution in [0.2, 0.25) is 0 Å². The van der Waals surface area contributed by atoms with E-state index in [4.69, 9.17) is 9.47 Å². The zero-order valence-corrected chi connectivity index (χ0v) is 11.9. The van der Waals surface area contributed by atoms with Crippen molar-refractivity contribution >= 4 is 5.91 Å². The highest BCUT2D eigenvalue weighted by atomic mass is 16.7. The minimum atomic E-state index is -0.000544. The fourth-order valence-electron chi connectivity index (χ4n) is 3.01. The molecule has 2 aliphatic rings. The van der Waals surface area contributed by atoms with Crippen LogP contribution < -0.4 is 9.47 Å². The fraction of sp³-hybridized carbons (Fsp3) is 0.312. The van der Waals surface area contributed by atoms with Crippen molar-refractivity contribution < 1.29 is 14.3 Å². The molecule has 1 aromatic heterocycles. The van der Waals surface area contributed by atoms with E-state index in [1.54, 1.807) is 24.4 Å². The SMILES string of the molecule is O=C(c1ccc2c(c1)OCO2)N1CCCC1c1ccncn1. The first-order valence-electron chi connectivity index (χ1n) is 7.29. The Labute approximate surface area is 127 Å². The number of rotatable bonds is 2. The third-order valence-electron chi connectivity index (χ3n) is 4.08. The van der Waals surface area contributed by atoms with E-state index in [2.05, 4.69) is 9.97 Å². The number of benzene rings is 1. The molecule has 1 unspecified atom stereocenters. The predicted molar refractivity (Wildman–Crippen MR) is 77.6 cm³/mol. The number of carbonyl (C=O) groups excluding carboxylic acids is 1. The van der Waals surface area contributed by atoms with Crippen LogP contribution in [0.3, 0.4) is 0 Å². The quantitative estimate of drug-likeness (QED) is 0.850. The Morgan fingerprint density at radius 2 is 2.14 bits per heavy atom. The molecule has 0 aliphatic carbocycles. The maximum absolute atomic E-state index is 12.8. The van der Waals surface area contributed by atoms with E-state index in [0.717, 1.165) is 25.1 Å². The summed E-state index contributed by atoms with van der Waals surface area (Å²) in [4.78, 5) is 22.9. The van der Waals surface area contributed by atoms with Crippen LogP contribution in [0.4, 0.5) is 0 Å². The van der Waals surface area contributed by atoms with Crippen LogP contribution in [0.15, 0.2) is 36.8 Å². The van der Waals surface area contributed by atoms with Crippen LogP contribution in [0.25, 0.3) is 0 Å². The van der Waals surface area contributed by atoms with Gasteiger partial charge in [0.1, 0.15) is 6.33 Å². The largest absolute Gasteiger partial charge is 0.454 e. The highest BCUT2D eigenvalue weighted by molar-refractivity contribution is 5.95. The molecule has 2 aliphatic heterocycles. The van der Waals surface area contributed by atoms with Crippen molar-refractivity contribution in [1.82, 2.24) is 14.9 Å². The van der Waals surface area contributed by atoms with Crippen molar-refractivity contribution in [1.29, 1.82) is 0 Å². The molecule has 1 aromatic carbocycles. The van der Waals surface area contributed by atoms with Crippen molar-refractivity contribution in [2.75, 3.05) is 13.3 Å². The molecule has 112 valence electrons. The second-order valence-corrected chi connectivity index (χ2v) is 5.36. The third kappa shape index (κ3) is 2.16. The lowest BCUT2D eigenvalue weighted by Crippen LogP contribution is -2.31. The summed E-state index contributed by atoms with van der Waals surface area (Å²) in [7, 11) is 0. The zero-order chi connectivity index (χ0) is 14.9. The van der Waals surface area contributed by atoms with Crippen molar-refractivity contribution in [3.05, 3.63) is 48.0 Å². The molecule has 0 N–H and O–H groups in total. The summed E-state index contributed by atoms with van der Waals surface area (Å²) in [5.41, 5.74) is 1.51. The summed E-state index contributed by atoms with van der Waals surface area (Å²) in [6.07, 6.45) is 5.14. The Hall–Kier alpha value is -2.63. The summed E-state index contributed by atoms with van der Waals surface area (Å²) in [6, 6.07) is 7.20. The van der Waals surface area contributed by atoms with E-state index in [0.29, 0.717) is 17.1 Å². The summed E-state index contributed by atoms with van der Waals surface area (Å²) in [5, 5.41) is 0. The van der Waals surface area contributed by atoms with Gasteiger partial charge < -0.3 is 14.4 Å². The molecule has 1 saturated heterocycles. The van der Waals surface area contributed by atoms with Gasteiger partial charge in [-0.05, 0) is 37.1 Å². The monoisotopic (exact) mass is 297 g/mol. The standard InChI is InChI=1S/C16H15N3O3/c20-16(11-3-4-14-15(8-11)22-10-21-14)19-7-1-2-13(19)12-5-6-17-9-18-12/h3-6,8-9,13H,1-2,7,10H2. The lowest BCUT2D eigenvalue weighted by molar-refractivity contribution is 0.0732. The number of ether oxygens (including phenoxy) is 2. The highest BCUT2D eigenvalue weighted by Crippen LogP contribution is 2.35. The minimum Gasteiger partial charge on any atom is -0.454 e. The number of hydrogen-bond donors (Lipinski definition) is 0. The van der Waals surface area contributed by atoms with Gasteiger partial charge in [-0.1, -0.05) is 0 Å². The maximum atomic E-state index is 12.8. The van der Waals surface area contributed by atoms with Crippen LogP contribution in [0, 0.1) is 0 Å². The van der Waals surface area contributed by atoms with Crippen LogP contribution in [-0.4, -0.2) is 34.1 Å². The van der Waals surface area contributed by atoms with Crippen molar-refractivity contribution in [2.45, 2.75) is 18.9 Å². The fourth-order valence-corrected chi connectivity index (χ4v) is 3.01. The van der Waals surface area contributed by atoms with E-state index < -0.39 is 0 Å². The Bertz CT molecular complexity index is 705. The molecule has 1 amide bonds. The lowest BCUT2D eigenvalue weighted by Gasteiger charge is -2.24. The van der Waals surface area contributed by atoms with Crippen molar-refractivity contribution in [3.63, 3.8) is 0 Å². The molecule has 22 heavy (non-hydrogen) atoms. The lowest BCUT2D eigenvalue weighted by atomic mass is 10.1. The first-order valence-corrected chi connectivity index (χ1v) is 7.29. The molecule has 3 heterocycles.